The van der Waals surface area contributed by atoms with Gasteiger partial charge in [-0.3, -0.25) is 4.72 Å². The standard InChI is InChI=1S/C14H13Cl2NO3S/c1-20-14-7-6-12(16)8-13(14)17-21(18,19)9-10-2-4-11(15)5-3-10/h2-8,17H,9H2,1H3. The van der Waals surface area contributed by atoms with Gasteiger partial charge in [0.2, 0.25) is 10.0 Å². The van der Waals surface area contributed by atoms with Crippen LogP contribution in [0.4, 0.5) is 5.69 Å². The van der Waals surface area contributed by atoms with Crippen LogP contribution in [0.1, 0.15) is 5.56 Å². The Bertz CT molecular complexity index is 730. The third kappa shape index (κ3) is 4.52. The van der Waals surface area contributed by atoms with E-state index < -0.39 is 10.0 Å². The van der Waals surface area contributed by atoms with Gasteiger partial charge in [-0.2, -0.15) is 0 Å². The predicted octanol–water partition coefficient (Wildman–Crippen LogP) is 3.94. The van der Waals surface area contributed by atoms with Crippen LogP contribution in [0.25, 0.3) is 0 Å². The minimum absolute atomic E-state index is 0.167. The van der Waals surface area contributed by atoms with Crippen molar-refractivity contribution in [2.45, 2.75) is 5.75 Å². The molecular formula is C14H13Cl2NO3S. The van der Waals surface area contributed by atoms with E-state index in [2.05, 4.69) is 4.72 Å². The van der Waals surface area contributed by atoms with E-state index in [1.165, 1.54) is 13.2 Å². The van der Waals surface area contributed by atoms with E-state index in [-0.39, 0.29) is 5.75 Å². The first-order valence-corrected chi connectivity index (χ1v) is 8.39. The van der Waals surface area contributed by atoms with Gasteiger partial charge < -0.3 is 4.74 Å². The Morgan fingerprint density at radius 2 is 1.67 bits per heavy atom. The molecule has 0 fully saturated rings. The Kier molecular flexibility index (Phi) is 4.98. The van der Waals surface area contributed by atoms with Gasteiger partial charge in [-0.1, -0.05) is 35.3 Å². The first-order valence-electron chi connectivity index (χ1n) is 5.98. The average molecular weight is 346 g/mol. The summed E-state index contributed by atoms with van der Waals surface area (Å²) in [7, 11) is -2.12. The molecule has 2 rings (SSSR count). The van der Waals surface area contributed by atoms with Gasteiger partial charge in [0, 0.05) is 10.0 Å². The number of anilines is 1. The zero-order chi connectivity index (χ0) is 15.5. The SMILES string of the molecule is COc1ccc(Cl)cc1NS(=O)(=O)Cc1ccc(Cl)cc1. The number of sulfonamides is 1. The van der Waals surface area contributed by atoms with Crippen molar-refractivity contribution < 1.29 is 13.2 Å². The minimum Gasteiger partial charge on any atom is -0.495 e. The third-order valence-corrected chi connectivity index (χ3v) is 4.43. The van der Waals surface area contributed by atoms with Crippen molar-refractivity contribution >= 4 is 38.9 Å². The highest BCUT2D eigenvalue weighted by molar-refractivity contribution is 7.91. The molecule has 0 bridgehead atoms. The summed E-state index contributed by atoms with van der Waals surface area (Å²) in [4.78, 5) is 0. The zero-order valence-electron chi connectivity index (χ0n) is 11.1. The molecule has 21 heavy (non-hydrogen) atoms. The number of nitrogens with one attached hydrogen (secondary N) is 1. The zero-order valence-corrected chi connectivity index (χ0v) is 13.5. The highest BCUT2D eigenvalue weighted by atomic mass is 35.5. The molecule has 0 unspecified atom stereocenters. The van der Waals surface area contributed by atoms with Gasteiger partial charge in [-0.15, -0.1) is 0 Å². The van der Waals surface area contributed by atoms with E-state index in [1.807, 2.05) is 0 Å². The predicted molar refractivity (Wildman–Crippen MR) is 85.7 cm³/mol. The average Bonchev–Trinajstić information content (AvgIpc) is 2.41. The fourth-order valence-electron chi connectivity index (χ4n) is 1.76. The van der Waals surface area contributed by atoms with Crippen LogP contribution in [0.3, 0.4) is 0 Å². The van der Waals surface area contributed by atoms with Crippen molar-refractivity contribution in [3.05, 3.63) is 58.1 Å². The van der Waals surface area contributed by atoms with Crippen LogP contribution in [0, 0.1) is 0 Å². The second-order valence-electron chi connectivity index (χ2n) is 4.33. The summed E-state index contributed by atoms with van der Waals surface area (Å²) >= 11 is 11.6. The minimum atomic E-state index is -3.58. The Balaban J connectivity index is 2.21. The molecule has 0 spiro atoms. The van der Waals surface area contributed by atoms with E-state index in [0.717, 1.165) is 0 Å². The van der Waals surface area contributed by atoms with Crippen molar-refractivity contribution in [1.29, 1.82) is 0 Å². The Morgan fingerprint density at radius 1 is 1.05 bits per heavy atom. The van der Waals surface area contributed by atoms with E-state index in [9.17, 15) is 8.42 Å². The van der Waals surface area contributed by atoms with Gasteiger partial charge in [0.05, 0.1) is 18.6 Å². The monoisotopic (exact) mass is 345 g/mol. The Morgan fingerprint density at radius 3 is 2.29 bits per heavy atom. The molecule has 0 saturated heterocycles. The van der Waals surface area contributed by atoms with Crippen LogP contribution in [0.15, 0.2) is 42.5 Å². The van der Waals surface area contributed by atoms with Gasteiger partial charge in [0.25, 0.3) is 0 Å². The number of halogens is 2. The molecule has 0 aliphatic heterocycles. The lowest BCUT2D eigenvalue weighted by atomic mass is 10.2. The second kappa shape index (κ2) is 6.56. The largest absolute Gasteiger partial charge is 0.495 e. The number of benzene rings is 2. The van der Waals surface area contributed by atoms with Gasteiger partial charge in [0.1, 0.15) is 5.75 Å². The number of rotatable bonds is 5. The molecule has 7 heteroatoms. The first-order chi connectivity index (χ1) is 9.89. The smallest absolute Gasteiger partial charge is 0.237 e. The molecule has 2 aromatic rings. The lowest BCUT2D eigenvalue weighted by Gasteiger charge is -2.12. The maximum atomic E-state index is 12.2. The fourth-order valence-corrected chi connectivity index (χ4v) is 3.26. The first kappa shape index (κ1) is 15.9. The number of ether oxygens (including phenoxy) is 1. The molecule has 0 aliphatic rings. The summed E-state index contributed by atoms with van der Waals surface area (Å²) in [5.41, 5.74) is 0.937. The molecular weight excluding hydrogens is 333 g/mol. The molecule has 0 aliphatic carbocycles. The van der Waals surface area contributed by atoms with Crippen LogP contribution in [-0.4, -0.2) is 15.5 Å². The van der Waals surface area contributed by atoms with Crippen LogP contribution < -0.4 is 9.46 Å². The Hall–Kier alpha value is -1.43. The summed E-state index contributed by atoms with van der Waals surface area (Å²) in [6, 6.07) is 11.3. The highest BCUT2D eigenvalue weighted by Crippen LogP contribution is 2.29. The van der Waals surface area contributed by atoms with E-state index in [4.69, 9.17) is 27.9 Å². The molecule has 0 saturated carbocycles. The topological polar surface area (TPSA) is 55.4 Å². The highest BCUT2D eigenvalue weighted by Gasteiger charge is 2.15. The lowest BCUT2D eigenvalue weighted by Crippen LogP contribution is -2.15. The quantitative estimate of drug-likeness (QED) is 0.892. The van der Waals surface area contributed by atoms with Gasteiger partial charge >= 0.3 is 0 Å². The molecule has 0 heterocycles. The van der Waals surface area contributed by atoms with E-state index in [1.54, 1.807) is 36.4 Å². The summed E-state index contributed by atoms with van der Waals surface area (Å²) in [5.74, 6) is 0.235. The summed E-state index contributed by atoms with van der Waals surface area (Å²) in [6.45, 7) is 0. The normalized spacial score (nSPS) is 11.2. The van der Waals surface area contributed by atoms with Crippen LogP contribution >= 0.6 is 23.2 Å². The summed E-state index contributed by atoms with van der Waals surface area (Å²) in [5, 5.41) is 0.973. The number of methoxy groups -OCH3 is 1. The molecule has 112 valence electrons. The number of hydrogen-bond acceptors (Lipinski definition) is 3. The Labute approximate surface area is 133 Å². The summed E-state index contributed by atoms with van der Waals surface area (Å²) < 4.78 is 32.0. The second-order valence-corrected chi connectivity index (χ2v) is 6.93. The molecule has 0 atom stereocenters. The molecule has 0 amide bonds. The maximum Gasteiger partial charge on any atom is 0.237 e. The fraction of sp³-hybridized carbons (Fsp3) is 0.143. The molecule has 0 radical (unpaired) electrons. The van der Waals surface area contributed by atoms with Crippen LogP contribution in [-0.2, 0) is 15.8 Å². The van der Waals surface area contributed by atoms with Crippen LogP contribution in [0.5, 0.6) is 5.75 Å². The van der Waals surface area contributed by atoms with Gasteiger partial charge in [-0.05, 0) is 35.9 Å². The van der Waals surface area contributed by atoms with E-state index in [0.29, 0.717) is 27.0 Å². The van der Waals surface area contributed by atoms with Crippen molar-refractivity contribution in [3.8, 4) is 5.75 Å². The van der Waals surface area contributed by atoms with Crippen molar-refractivity contribution in [3.63, 3.8) is 0 Å². The summed E-state index contributed by atoms with van der Waals surface area (Å²) in [6.07, 6.45) is 0. The van der Waals surface area contributed by atoms with E-state index >= 15 is 0 Å². The lowest BCUT2D eigenvalue weighted by molar-refractivity contribution is 0.417. The van der Waals surface area contributed by atoms with Gasteiger partial charge in [-0.25, -0.2) is 8.42 Å². The molecule has 4 nitrogen and oxygen atoms in total. The van der Waals surface area contributed by atoms with Crippen molar-refractivity contribution in [2.75, 3.05) is 11.8 Å². The molecule has 1 N–H and O–H groups in total. The van der Waals surface area contributed by atoms with Crippen molar-refractivity contribution in [2.24, 2.45) is 0 Å². The molecule has 2 aromatic carbocycles. The van der Waals surface area contributed by atoms with Gasteiger partial charge in [0.15, 0.2) is 0 Å². The molecule has 0 aromatic heterocycles. The maximum absolute atomic E-state index is 12.2. The third-order valence-electron chi connectivity index (χ3n) is 2.70. The number of hydrogen-bond donors (Lipinski definition) is 1. The van der Waals surface area contributed by atoms with Crippen LogP contribution in [0.2, 0.25) is 10.0 Å². The van der Waals surface area contributed by atoms with Crippen molar-refractivity contribution in [1.82, 2.24) is 0 Å².